The molecule has 1 aliphatic rings. The molecule has 5 heteroatoms. The summed E-state index contributed by atoms with van der Waals surface area (Å²) in [6, 6.07) is 3.60. The maximum atomic E-state index is 13.4. The highest BCUT2D eigenvalue weighted by Crippen LogP contribution is 2.28. The molecule has 20 heavy (non-hydrogen) atoms. The molecule has 0 atom stereocenters. The number of halogens is 3. The van der Waals surface area contributed by atoms with Gasteiger partial charge in [-0.25, -0.2) is 4.39 Å². The predicted octanol–water partition coefficient (Wildman–Crippen LogP) is 4.66. The summed E-state index contributed by atoms with van der Waals surface area (Å²) in [6.07, 6.45) is 2.17. The van der Waals surface area contributed by atoms with E-state index in [1.807, 2.05) is 0 Å². The molecule has 1 saturated heterocycles. The number of likely N-dealkylation sites (tertiary alicyclic amines) is 1. The molecule has 0 radical (unpaired) electrons. The first-order valence-corrected chi connectivity index (χ1v) is 7.84. The zero-order valence-corrected chi connectivity index (χ0v) is 13.4. The molecule has 1 fully saturated rings. The van der Waals surface area contributed by atoms with Gasteiger partial charge in [0, 0.05) is 31.4 Å². The van der Waals surface area contributed by atoms with Crippen molar-refractivity contribution in [3.05, 3.63) is 28.0 Å². The molecule has 0 unspecified atom stereocenters. The molecule has 0 saturated carbocycles. The minimum absolute atomic E-state index is 0.0669. The van der Waals surface area contributed by atoms with Crippen molar-refractivity contribution in [1.82, 2.24) is 4.90 Å². The van der Waals surface area contributed by atoms with Gasteiger partial charge < -0.3 is 10.2 Å². The second-order valence-corrected chi connectivity index (χ2v) is 6.68. The number of rotatable bonds is 4. The first-order valence-electron chi connectivity index (χ1n) is 7.09. The highest BCUT2D eigenvalue weighted by Gasteiger charge is 2.20. The van der Waals surface area contributed by atoms with Crippen LogP contribution in [0.5, 0.6) is 0 Å². The fourth-order valence-corrected chi connectivity index (χ4v) is 3.14. The van der Waals surface area contributed by atoms with Gasteiger partial charge in [0.2, 0.25) is 0 Å². The third-order valence-electron chi connectivity index (χ3n) is 3.57. The molecule has 0 aliphatic carbocycles. The normalized spacial score (nSPS) is 17.7. The molecule has 2 rings (SSSR count). The van der Waals surface area contributed by atoms with E-state index in [-0.39, 0.29) is 10.0 Å². The average molecular weight is 319 g/mol. The Labute approximate surface area is 130 Å². The predicted molar refractivity (Wildman–Crippen MR) is 84.3 cm³/mol. The quantitative estimate of drug-likeness (QED) is 0.812. The lowest BCUT2D eigenvalue weighted by molar-refractivity contribution is 0.198. The summed E-state index contributed by atoms with van der Waals surface area (Å²) in [7, 11) is 0. The summed E-state index contributed by atoms with van der Waals surface area (Å²) in [5.74, 6) is 0.153. The topological polar surface area (TPSA) is 15.3 Å². The van der Waals surface area contributed by atoms with Crippen LogP contribution in [-0.4, -0.2) is 30.6 Å². The van der Waals surface area contributed by atoms with Crippen molar-refractivity contribution >= 4 is 28.9 Å². The van der Waals surface area contributed by atoms with Crippen LogP contribution in [0.1, 0.15) is 26.7 Å². The van der Waals surface area contributed by atoms with Gasteiger partial charge in [-0.3, -0.25) is 0 Å². The molecule has 0 bridgehead atoms. The molecule has 1 heterocycles. The number of hydrogen-bond donors (Lipinski definition) is 1. The Bertz CT molecular complexity index is 434. The summed E-state index contributed by atoms with van der Waals surface area (Å²) in [6.45, 7) is 7.83. The van der Waals surface area contributed by atoms with E-state index in [9.17, 15) is 4.39 Å². The van der Waals surface area contributed by atoms with Crippen LogP contribution >= 0.6 is 23.2 Å². The van der Waals surface area contributed by atoms with Crippen LogP contribution in [0.3, 0.4) is 0 Å². The van der Waals surface area contributed by atoms with E-state index in [2.05, 4.69) is 24.1 Å². The Morgan fingerprint density at radius 3 is 2.30 bits per heavy atom. The van der Waals surface area contributed by atoms with Crippen molar-refractivity contribution in [3.8, 4) is 0 Å². The second kappa shape index (κ2) is 6.97. The van der Waals surface area contributed by atoms with E-state index < -0.39 is 5.82 Å². The summed E-state index contributed by atoms with van der Waals surface area (Å²) >= 11 is 11.6. The second-order valence-electron chi connectivity index (χ2n) is 5.87. The first kappa shape index (κ1) is 15.9. The molecule has 2 nitrogen and oxygen atoms in total. The Morgan fingerprint density at radius 2 is 1.80 bits per heavy atom. The third-order valence-corrected chi connectivity index (χ3v) is 4.12. The lowest BCUT2D eigenvalue weighted by Crippen LogP contribution is -2.40. The van der Waals surface area contributed by atoms with E-state index in [0.29, 0.717) is 12.0 Å². The molecule has 112 valence electrons. The summed E-state index contributed by atoms with van der Waals surface area (Å²) in [5.41, 5.74) is 0.795. The molecular weight excluding hydrogens is 298 g/mol. The van der Waals surface area contributed by atoms with E-state index in [1.54, 1.807) is 12.1 Å². The molecule has 1 aliphatic heterocycles. The zero-order chi connectivity index (χ0) is 14.7. The van der Waals surface area contributed by atoms with E-state index in [4.69, 9.17) is 23.2 Å². The average Bonchev–Trinajstić information content (AvgIpc) is 2.37. The van der Waals surface area contributed by atoms with Crippen molar-refractivity contribution in [2.45, 2.75) is 32.7 Å². The van der Waals surface area contributed by atoms with Gasteiger partial charge in [-0.2, -0.15) is 0 Å². The molecule has 1 aromatic carbocycles. The van der Waals surface area contributed by atoms with Crippen LogP contribution in [0.2, 0.25) is 10.0 Å². The van der Waals surface area contributed by atoms with Gasteiger partial charge in [0.15, 0.2) is 5.82 Å². The lowest BCUT2D eigenvalue weighted by atomic mass is 10.0. The maximum Gasteiger partial charge on any atom is 0.160 e. The summed E-state index contributed by atoms with van der Waals surface area (Å²) < 4.78 is 13.4. The van der Waals surface area contributed by atoms with Crippen LogP contribution < -0.4 is 5.32 Å². The molecular formula is C15H21Cl2FN2. The van der Waals surface area contributed by atoms with Gasteiger partial charge in [-0.1, -0.05) is 37.0 Å². The van der Waals surface area contributed by atoms with Gasteiger partial charge in [0.25, 0.3) is 0 Å². The number of benzene rings is 1. The van der Waals surface area contributed by atoms with Gasteiger partial charge in [0.1, 0.15) is 0 Å². The van der Waals surface area contributed by atoms with Gasteiger partial charge in [-0.05, 0) is 30.9 Å². The van der Waals surface area contributed by atoms with Gasteiger partial charge >= 0.3 is 0 Å². The minimum atomic E-state index is -0.550. The molecule has 0 aromatic heterocycles. The summed E-state index contributed by atoms with van der Waals surface area (Å²) in [4.78, 5) is 2.49. The van der Waals surface area contributed by atoms with Crippen molar-refractivity contribution < 1.29 is 4.39 Å². The van der Waals surface area contributed by atoms with Crippen LogP contribution in [0.25, 0.3) is 0 Å². The molecule has 0 amide bonds. The number of nitrogens with zero attached hydrogens (tertiary/aromatic N) is 1. The number of piperidine rings is 1. The highest BCUT2D eigenvalue weighted by molar-refractivity contribution is 6.35. The number of hydrogen-bond acceptors (Lipinski definition) is 2. The van der Waals surface area contributed by atoms with Crippen molar-refractivity contribution in [1.29, 1.82) is 0 Å². The van der Waals surface area contributed by atoms with E-state index in [0.717, 1.165) is 38.2 Å². The fourth-order valence-electron chi connectivity index (χ4n) is 2.65. The molecule has 1 N–H and O–H groups in total. The Hall–Kier alpha value is -0.510. The highest BCUT2D eigenvalue weighted by atomic mass is 35.5. The molecule has 1 aromatic rings. The SMILES string of the molecule is CC(C)CN1CCC(Nc2cc(Cl)c(F)c(Cl)c2)CC1. The zero-order valence-electron chi connectivity index (χ0n) is 11.9. The maximum absolute atomic E-state index is 13.4. The fraction of sp³-hybridized carbons (Fsp3) is 0.600. The van der Waals surface area contributed by atoms with Crippen molar-refractivity contribution in [2.75, 3.05) is 25.0 Å². The first-order chi connectivity index (χ1) is 9.45. The third kappa shape index (κ3) is 4.24. The minimum Gasteiger partial charge on any atom is -0.382 e. The van der Waals surface area contributed by atoms with Crippen LogP contribution in [-0.2, 0) is 0 Å². The number of nitrogens with one attached hydrogen (secondary N) is 1. The Kier molecular flexibility index (Phi) is 5.53. The lowest BCUT2D eigenvalue weighted by Gasteiger charge is -2.33. The smallest absolute Gasteiger partial charge is 0.160 e. The van der Waals surface area contributed by atoms with Crippen LogP contribution in [0.4, 0.5) is 10.1 Å². The monoisotopic (exact) mass is 318 g/mol. The standard InChI is InChI=1S/C15H21Cl2FN2/c1-10(2)9-20-5-3-11(4-6-20)19-12-7-13(16)15(18)14(17)8-12/h7-8,10-11,19H,3-6,9H2,1-2H3. The van der Waals surface area contributed by atoms with Crippen molar-refractivity contribution in [3.63, 3.8) is 0 Å². The van der Waals surface area contributed by atoms with E-state index in [1.165, 1.54) is 0 Å². The number of anilines is 1. The van der Waals surface area contributed by atoms with Crippen LogP contribution in [0.15, 0.2) is 12.1 Å². The summed E-state index contributed by atoms with van der Waals surface area (Å²) in [5, 5.41) is 3.54. The van der Waals surface area contributed by atoms with E-state index >= 15 is 0 Å². The van der Waals surface area contributed by atoms with Crippen molar-refractivity contribution in [2.24, 2.45) is 5.92 Å². The largest absolute Gasteiger partial charge is 0.382 e. The Balaban J connectivity index is 1.89. The molecule has 0 spiro atoms. The Morgan fingerprint density at radius 1 is 1.25 bits per heavy atom. The van der Waals surface area contributed by atoms with Gasteiger partial charge in [-0.15, -0.1) is 0 Å². The van der Waals surface area contributed by atoms with Gasteiger partial charge in [0.05, 0.1) is 10.0 Å². The van der Waals surface area contributed by atoms with Crippen LogP contribution in [0, 0.1) is 11.7 Å².